The van der Waals surface area contributed by atoms with Gasteiger partial charge in [0.15, 0.2) is 10.9 Å². The fourth-order valence-electron chi connectivity index (χ4n) is 3.34. The van der Waals surface area contributed by atoms with Gasteiger partial charge in [-0.2, -0.15) is 0 Å². The summed E-state index contributed by atoms with van der Waals surface area (Å²) in [6.45, 7) is 4.20. The van der Waals surface area contributed by atoms with E-state index in [9.17, 15) is 13.6 Å². The van der Waals surface area contributed by atoms with Crippen molar-refractivity contribution in [2.45, 2.75) is 0 Å². The number of rotatable bonds is 5. The summed E-state index contributed by atoms with van der Waals surface area (Å²) in [6.07, 6.45) is 0. The van der Waals surface area contributed by atoms with E-state index >= 15 is 0 Å². The number of nitrogens with zero attached hydrogens (tertiary/aromatic N) is 3. The Labute approximate surface area is 186 Å². The normalized spacial score (nSPS) is 15.0. The smallest absolute Gasteiger partial charge is 0.252 e. The van der Waals surface area contributed by atoms with Gasteiger partial charge in [0.1, 0.15) is 11.3 Å². The molecule has 0 radical (unpaired) electrons. The molecule has 1 fully saturated rings. The van der Waals surface area contributed by atoms with E-state index in [2.05, 4.69) is 20.1 Å². The third-order valence-electron chi connectivity index (χ3n) is 4.93. The van der Waals surface area contributed by atoms with Gasteiger partial charge in [-0.1, -0.05) is 34.5 Å². The van der Waals surface area contributed by atoms with Gasteiger partial charge >= 0.3 is 0 Å². The molecule has 0 bridgehead atoms. The molecule has 1 aromatic heterocycles. The largest absolute Gasteiger partial charge is 0.351 e. The van der Waals surface area contributed by atoms with Crippen LogP contribution in [-0.4, -0.2) is 55.1 Å². The Bertz CT molecular complexity index is 1090. The number of amides is 1. The standard InChI is InChI=1S/C20H18Cl2F2N4OS/c21-12-1-2-14(15(22)9-12)19(29)25-3-4-27-5-7-28(8-6-27)20-26-18-16(24)10-13(23)11-17(18)30-20/h1-2,9-11H,3-8H2,(H,25,29). The second-order valence-corrected chi connectivity index (χ2v) is 8.79. The Balaban J connectivity index is 1.28. The molecule has 10 heteroatoms. The van der Waals surface area contributed by atoms with Crippen LogP contribution in [0.25, 0.3) is 10.2 Å². The van der Waals surface area contributed by atoms with Gasteiger partial charge in [0.05, 0.1) is 15.3 Å². The number of aromatic nitrogens is 1. The fraction of sp³-hybridized carbons (Fsp3) is 0.300. The van der Waals surface area contributed by atoms with E-state index in [1.54, 1.807) is 18.2 Å². The number of carbonyl (C=O) groups excluding carboxylic acids is 1. The molecule has 1 N–H and O–H groups in total. The van der Waals surface area contributed by atoms with Crippen LogP contribution in [0.1, 0.15) is 10.4 Å². The summed E-state index contributed by atoms with van der Waals surface area (Å²) in [5.41, 5.74) is 0.604. The first-order valence-corrected chi connectivity index (χ1v) is 10.9. The Hall–Kier alpha value is -2.00. The number of anilines is 1. The quantitative estimate of drug-likeness (QED) is 0.598. The molecule has 5 nitrogen and oxygen atoms in total. The molecule has 1 aliphatic heterocycles. The van der Waals surface area contributed by atoms with Crippen LogP contribution in [0.15, 0.2) is 30.3 Å². The van der Waals surface area contributed by atoms with Gasteiger partial charge in [0.2, 0.25) is 0 Å². The predicted molar refractivity (Wildman–Crippen MR) is 117 cm³/mol. The molecule has 0 saturated carbocycles. The lowest BCUT2D eigenvalue weighted by atomic mass is 10.2. The summed E-state index contributed by atoms with van der Waals surface area (Å²) >= 11 is 13.2. The van der Waals surface area contributed by atoms with Gasteiger partial charge < -0.3 is 10.2 Å². The second kappa shape index (κ2) is 9.01. The van der Waals surface area contributed by atoms with E-state index in [0.29, 0.717) is 38.5 Å². The number of benzene rings is 2. The van der Waals surface area contributed by atoms with Crippen LogP contribution >= 0.6 is 34.5 Å². The summed E-state index contributed by atoms with van der Waals surface area (Å²) in [5, 5.41) is 4.37. The van der Waals surface area contributed by atoms with Crippen molar-refractivity contribution in [3.05, 3.63) is 57.6 Å². The molecule has 0 atom stereocenters. The predicted octanol–water partition coefficient (Wildman–Crippen LogP) is 4.43. The van der Waals surface area contributed by atoms with Gasteiger partial charge in [0.25, 0.3) is 5.91 Å². The number of carbonyl (C=O) groups is 1. The molecule has 1 saturated heterocycles. The number of thiazole rings is 1. The van der Waals surface area contributed by atoms with Crippen molar-refractivity contribution in [1.29, 1.82) is 0 Å². The highest BCUT2D eigenvalue weighted by Gasteiger charge is 2.21. The topological polar surface area (TPSA) is 48.5 Å². The fourth-order valence-corrected chi connectivity index (χ4v) is 4.89. The molecule has 3 aromatic rings. The maximum atomic E-state index is 13.9. The van der Waals surface area contributed by atoms with E-state index in [1.165, 1.54) is 17.4 Å². The van der Waals surface area contributed by atoms with Crippen molar-refractivity contribution >= 4 is 55.8 Å². The Morgan fingerprint density at radius 3 is 2.63 bits per heavy atom. The van der Waals surface area contributed by atoms with Crippen LogP contribution in [0.5, 0.6) is 0 Å². The minimum atomic E-state index is -0.636. The molecule has 30 heavy (non-hydrogen) atoms. The number of hydrogen-bond donors (Lipinski definition) is 1. The molecular weight excluding hydrogens is 453 g/mol. The molecule has 1 aliphatic rings. The molecule has 0 spiro atoms. The van der Waals surface area contributed by atoms with Crippen LogP contribution in [0.4, 0.5) is 13.9 Å². The highest BCUT2D eigenvalue weighted by molar-refractivity contribution is 7.22. The van der Waals surface area contributed by atoms with Crippen molar-refractivity contribution in [3.63, 3.8) is 0 Å². The van der Waals surface area contributed by atoms with Gasteiger partial charge in [-0.25, -0.2) is 13.8 Å². The van der Waals surface area contributed by atoms with Gasteiger partial charge in [0, 0.05) is 50.4 Å². The molecule has 158 valence electrons. The van der Waals surface area contributed by atoms with Gasteiger partial charge in [-0.3, -0.25) is 9.69 Å². The molecule has 2 aromatic carbocycles. The highest BCUT2D eigenvalue weighted by Crippen LogP contribution is 2.31. The first-order valence-electron chi connectivity index (χ1n) is 9.37. The third-order valence-corrected chi connectivity index (χ3v) is 6.55. The lowest BCUT2D eigenvalue weighted by Crippen LogP contribution is -2.48. The summed E-state index contributed by atoms with van der Waals surface area (Å²) in [6, 6.07) is 6.94. The number of piperazine rings is 1. The van der Waals surface area contributed by atoms with Crippen molar-refractivity contribution < 1.29 is 13.6 Å². The highest BCUT2D eigenvalue weighted by atomic mass is 35.5. The monoisotopic (exact) mass is 470 g/mol. The molecule has 1 amide bonds. The number of hydrogen-bond acceptors (Lipinski definition) is 5. The maximum absolute atomic E-state index is 13.9. The van der Waals surface area contributed by atoms with E-state index in [4.69, 9.17) is 23.2 Å². The van der Waals surface area contributed by atoms with E-state index in [-0.39, 0.29) is 11.4 Å². The van der Waals surface area contributed by atoms with Crippen molar-refractivity contribution in [2.24, 2.45) is 0 Å². The SMILES string of the molecule is O=C(NCCN1CCN(c2nc3c(F)cc(F)cc3s2)CC1)c1ccc(Cl)cc1Cl. The van der Waals surface area contributed by atoms with Crippen molar-refractivity contribution in [3.8, 4) is 0 Å². The minimum Gasteiger partial charge on any atom is -0.351 e. The lowest BCUT2D eigenvalue weighted by Gasteiger charge is -2.34. The number of nitrogens with one attached hydrogen (secondary N) is 1. The second-order valence-electron chi connectivity index (χ2n) is 6.94. The Morgan fingerprint density at radius 2 is 1.90 bits per heavy atom. The first-order chi connectivity index (χ1) is 14.4. The van der Waals surface area contributed by atoms with Crippen LogP contribution in [-0.2, 0) is 0 Å². The zero-order chi connectivity index (χ0) is 21.3. The van der Waals surface area contributed by atoms with E-state index in [1.807, 2.05) is 0 Å². The third kappa shape index (κ3) is 4.67. The van der Waals surface area contributed by atoms with Crippen LogP contribution < -0.4 is 10.2 Å². The maximum Gasteiger partial charge on any atom is 0.252 e. The van der Waals surface area contributed by atoms with Gasteiger partial charge in [-0.15, -0.1) is 0 Å². The van der Waals surface area contributed by atoms with Crippen molar-refractivity contribution in [2.75, 3.05) is 44.2 Å². The summed E-state index contributed by atoms with van der Waals surface area (Å²) in [5.74, 6) is -1.47. The molecule has 4 rings (SSSR count). The average Bonchev–Trinajstić information content (AvgIpc) is 3.13. The zero-order valence-corrected chi connectivity index (χ0v) is 18.1. The van der Waals surface area contributed by atoms with E-state index < -0.39 is 11.6 Å². The minimum absolute atomic E-state index is 0.211. The Morgan fingerprint density at radius 1 is 1.13 bits per heavy atom. The molecular formula is C20H18Cl2F2N4OS. The van der Waals surface area contributed by atoms with E-state index in [0.717, 1.165) is 32.2 Å². The zero-order valence-electron chi connectivity index (χ0n) is 15.8. The Kier molecular flexibility index (Phi) is 6.38. The molecule has 2 heterocycles. The number of halogens is 4. The molecule has 0 unspecified atom stereocenters. The first kappa shape index (κ1) is 21.2. The number of fused-ring (bicyclic) bond motifs is 1. The summed E-state index contributed by atoms with van der Waals surface area (Å²) in [4.78, 5) is 20.9. The molecule has 0 aliphatic carbocycles. The van der Waals surface area contributed by atoms with Crippen LogP contribution in [0.3, 0.4) is 0 Å². The summed E-state index contributed by atoms with van der Waals surface area (Å²) < 4.78 is 27.8. The lowest BCUT2D eigenvalue weighted by molar-refractivity contribution is 0.0948. The van der Waals surface area contributed by atoms with Crippen molar-refractivity contribution in [1.82, 2.24) is 15.2 Å². The average molecular weight is 471 g/mol. The van der Waals surface area contributed by atoms with Gasteiger partial charge in [-0.05, 0) is 24.3 Å². The summed E-state index contributed by atoms with van der Waals surface area (Å²) in [7, 11) is 0. The van der Waals surface area contributed by atoms with Crippen LogP contribution in [0.2, 0.25) is 10.0 Å². The van der Waals surface area contributed by atoms with Crippen LogP contribution in [0, 0.1) is 11.6 Å².